The molecule has 0 unspecified atom stereocenters. The Labute approximate surface area is 72.6 Å². The van der Waals surface area contributed by atoms with Gasteiger partial charge in [0.05, 0.1) is 12.1 Å². The molecule has 0 aromatic carbocycles. The van der Waals surface area contributed by atoms with Gasteiger partial charge in [-0.3, -0.25) is 4.79 Å². The second-order valence-electron chi connectivity index (χ2n) is 2.61. The predicted octanol–water partition coefficient (Wildman–Crippen LogP) is 1.80. The Morgan fingerprint density at radius 2 is 1.92 bits per heavy atom. The van der Waals surface area contributed by atoms with Crippen LogP contribution in [0.1, 0.15) is 32.6 Å². The lowest BCUT2D eigenvalue weighted by atomic mass is 10.0. The average Bonchev–Trinajstić information content (AvgIpc) is 2.07. The van der Waals surface area contributed by atoms with Gasteiger partial charge in [-0.1, -0.05) is 19.8 Å². The summed E-state index contributed by atoms with van der Waals surface area (Å²) < 4.78 is 0. The summed E-state index contributed by atoms with van der Waals surface area (Å²) >= 11 is 0. The smallest absolute Gasteiger partial charge is 0.191 e. The maximum Gasteiger partial charge on any atom is 0.191 e. The first kappa shape index (κ1) is 10.7. The van der Waals surface area contributed by atoms with Crippen molar-refractivity contribution in [3.05, 3.63) is 0 Å². The predicted molar refractivity (Wildman–Crippen MR) is 43.9 cm³/mol. The lowest BCUT2D eigenvalue weighted by molar-refractivity contribution is -0.120. The molecule has 0 aromatic rings. The Hall–Kier alpha value is -1.35. The quantitative estimate of drug-likeness (QED) is 0.582. The van der Waals surface area contributed by atoms with Crippen molar-refractivity contribution in [3.63, 3.8) is 0 Å². The number of nitrogens with zero attached hydrogens (tertiary/aromatic N) is 2. The first-order valence-corrected chi connectivity index (χ1v) is 4.08. The summed E-state index contributed by atoms with van der Waals surface area (Å²) in [7, 11) is 0. The highest BCUT2D eigenvalue weighted by Gasteiger charge is 2.15. The minimum atomic E-state index is -1.05. The van der Waals surface area contributed by atoms with Gasteiger partial charge in [-0.25, -0.2) is 0 Å². The lowest BCUT2D eigenvalue weighted by Gasteiger charge is -1.97. The third-order valence-corrected chi connectivity index (χ3v) is 1.61. The van der Waals surface area contributed by atoms with E-state index >= 15 is 0 Å². The minimum Gasteiger partial charge on any atom is -0.297 e. The van der Waals surface area contributed by atoms with E-state index in [1.54, 1.807) is 12.1 Å². The van der Waals surface area contributed by atoms with Gasteiger partial charge in [0.1, 0.15) is 0 Å². The van der Waals surface area contributed by atoms with Crippen molar-refractivity contribution < 1.29 is 4.79 Å². The van der Waals surface area contributed by atoms with E-state index in [1.807, 2.05) is 6.92 Å². The zero-order chi connectivity index (χ0) is 9.40. The number of nitriles is 2. The average molecular weight is 164 g/mol. The molecule has 3 heteroatoms. The summed E-state index contributed by atoms with van der Waals surface area (Å²) in [6.07, 6.45) is 3.17. The Morgan fingerprint density at radius 3 is 2.33 bits per heavy atom. The molecule has 0 aliphatic heterocycles. The molecule has 0 aromatic heterocycles. The molecule has 0 radical (unpaired) electrons. The van der Waals surface area contributed by atoms with Gasteiger partial charge in [-0.05, 0) is 6.42 Å². The summed E-state index contributed by atoms with van der Waals surface area (Å²) in [6, 6.07) is 3.34. The second-order valence-corrected chi connectivity index (χ2v) is 2.61. The number of rotatable bonds is 5. The topological polar surface area (TPSA) is 64.7 Å². The van der Waals surface area contributed by atoms with Crippen LogP contribution in [0, 0.1) is 28.6 Å². The summed E-state index contributed by atoms with van der Waals surface area (Å²) in [6.45, 7) is 2.04. The molecule has 0 atom stereocenters. The van der Waals surface area contributed by atoms with Crippen molar-refractivity contribution in [1.82, 2.24) is 0 Å². The third-order valence-electron chi connectivity index (χ3n) is 1.61. The van der Waals surface area contributed by atoms with Crippen molar-refractivity contribution in [2.75, 3.05) is 0 Å². The lowest BCUT2D eigenvalue weighted by Crippen LogP contribution is -2.09. The highest BCUT2D eigenvalue weighted by Crippen LogP contribution is 2.05. The van der Waals surface area contributed by atoms with Crippen LogP contribution in [0.3, 0.4) is 0 Å². The molecule has 0 heterocycles. The van der Waals surface area contributed by atoms with Crippen molar-refractivity contribution >= 4 is 5.78 Å². The first-order valence-electron chi connectivity index (χ1n) is 4.08. The van der Waals surface area contributed by atoms with E-state index in [0.717, 1.165) is 19.3 Å². The van der Waals surface area contributed by atoms with Crippen LogP contribution in [-0.2, 0) is 4.79 Å². The van der Waals surface area contributed by atoms with E-state index in [-0.39, 0.29) is 5.78 Å². The number of carbonyl (C=O) groups is 1. The van der Waals surface area contributed by atoms with Crippen LogP contribution in [0.25, 0.3) is 0 Å². The van der Waals surface area contributed by atoms with Gasteiger partial charge in [0, 0.05) is 6.42 Å². The van der Waals surface area contributed by atoms with Crippen LogP contribution in [0.2, 0.25) is 0 Å². The van der Waals surface area contributed by atoms with E-state index in [2.05, 4.69) is 0 Å². The molecule has 0 N–H and O–H groups in total. The minimum absolute atomic E-state index is 0.242. The molecule has 0 spiro atoms. The van der Waals surface area contributed by atoms with Gasteiger partial charge in [-0.15, -0.1) is 0 Å². The molecule has 12 heavy (non-hydrogen) atoms. The van der Waals surface area contributed by atoms with Crippen LogP contribution in [0.5, 0.6) is 0 Å². The van der Waals surface area contributed by atoms with Gasteiger partial charge in [-0.2, -0.15) is 10.5 Å². The fourth-order valence-electron chi connectivity index (χ4n) is 0.866. The highest BCUT2D eigenvalue weighted by molar-refractivity contribution is 5.85. The van der Waals surface area contributed by atoms with Crippen LogP contribution < -0.4 is 0 Å². The molecule has 0 fully saturated rings. The van der Waals surface area contributed by atoms with Gasteiger partial charge in [0.2, 0.25) is 0 Å². The SMILES string of the molecule is CCCCCC(=O)C(C#N)C#N. The highest BCUT2D eigenvalue weighted by atomic mass is 16.1. The van der Waals surface area contributed by atoms with E-state index in [0.29, 0.717) is 6.42 Å². The summed E-state index contributed by atoms with van der Waals surface area (Å²) in [5, 5.41) is 16.7. The normalized spacial score (nSPS) is 9.00. The van der Waals surface area contributed by atoms with Crippen LogP contribution in [0.4, 0.5) is 0 Å². The standard InChI is InChI=1S/C9H12N2O/c1-2-3-4-5-9(12)8(6-10)7-11/h8H,2-5H2,1H3. The monoisotopic (exact) mass is 164 g/mol. The van der Waals surface area contributed by atoms with Gasteiger partial charge < -0.3 is 0 Å². The summed E-state index contributed by atoms with van der Waals surface area (Å²) in [5.74, 6) is -1.30. The molecular weight excluding hydrogens is 152 g/mol. The summed E-state index contributed by atoms with van der Waals surface area (Å²) in [5.41, 5.74) is 0. The molecule has 0 saturated carbocycles. The van der Waals surface area contributed by atoms with E-state index in [9.17, 15) is 4.79 Å². The number of ketones is 1. The first-order chi connectivity index (χ1) is 5.76. The van der Waals surface area contributed by atoms with E-state index < -0.39 is 5.92 Å². The van der Waals surface area contributed by atoms with Gasteiger partial charge in [0.25, 0.3) is 0 Å². The number of unbranched alkanes of at least 4 members (excludes halogenated alkanes) is 2. The molecule has 0 bridgehead atoms. The van der Waals surface area contributed by atoms with Crippen molar-refractivity contribution in [3.8, 4) is 12.1 Å². The van der Waals surface area contributed by atoms with Crippen molar-refractivity contribution in [1.29, 1.82) is 10.5 Å². The van der Waals surface area contributed by atoms with Gasteiger partial charge >= 0.3 is 0 Å². The molecule has 3 nitrogen and oxygen atoms in total. The zero-order valence-corrected chi connectivity index (χ0v) is 7.21. The molecule has 0 saturated heterocycles. The number of hydrogen-bond acceptors (Lipinski definition) is 3. The Bertz CT molecular complexity index is 208. The molecule has 0 aliphatic carbocycles. The van der Waals surface area contributed by atoms with Crippen molar-refractivity contribution in [2.24, 2.45) is 5.92 Å². The maximum atomic E-state index is 11.0. The number of carbonyl (C=O) groups excluding carboxylic acids is 1. The largest absolute Gasteiger partial charge is 0.297 e. The summed E-state index contributed by atoms with van der Waals surface area (Å²) in [4.78, 5) is 11.0. The van der Waals surface area contributed by atoms with Gasteiger partial charge in [0.15, 0.2) is 11.7 Å². The van der Waals surface area contributed by atoms with Crippen LogP contribution in [0.15, 0.2) is 0 Å². The third kappa shape index (κ3) is 3.73. The Balaban J connectivity index is 3.74. The number of Topliss-reactive ketones (excluding diaryl/α,β-unsaturated/α-hetero) is 1. The molecule has 0 rings (SSSR count). The Kier molecular flexibility index (Phi) is 5.65. The fourth-order valence-corrected chi connectivity index (χ4v) is 0.866. The van der Waals surface area contributed by atoms with Crippen LogP contribution in [-0.4, -0.2) is 5.78 Å². The molecule has 0 aliphatic rings. The van der Waals surface area contributed by atoms with E-state index in [4.69, 9.17) is 10.5 Å². The maximum absolute atomic E-state index is 11.0. The van der Waals surface area contributed by atoms with E-state index in [1.165, 1.54) is 0 Å². The molecule has 64 valence electrons. The molecular formula is C9H12N2O. The molecule has 0 amide bonds. The number of hydrogen-bond donors (Lipinski definition) is 0. The van der Waals surface area contributed by atoms with Crippen LogP contribution >= 0.6 is 0 Å². The fraction of sp³-hybridized carbons (Fsp3) is 0.667. The van der Waals surface area contributed by atoms with Crippen molar-refractivity contribution in [2.45, 2.75) is 32.6 Å². The second kappa shape index (κ2) is 6.37. The zero-order valence-electron chi connectivity index (χ0n) is 7.21. The Morgan fingerprint density at radius 1 is 1.33 bits per heavy atom.